The van der Waals surface area contributed by atoms with E-state index in [1.54, 1.807) is 0 Å². The summed E-state index contributed by atoms with van der Waals surface area (Å²) in [4.78, 5) is 4.69. The fourth-order valence-electron chi connectivity index (χ4n) is 2.25. The van der Waals surface area contributed by atoms with E-state index in [0.29, 0.717) is 12.0 Å². The van der Waals surface area contributed by atoms with E-state index in [4.69, 9.17) is 10.7 Å². The Labute approximate surface area is 85.3 Å². The lowest BCUT2D eigenvalue weighted by molar-refractivity contribution is 0.549. The van der Waals surface area contributed by atoms with Gasteiger partial charge in [-0.2, -0.15) is 0 Å². The molecule has 1 heterocycles. The molecule has 1 aromatic rings. The molecular formula is C11H19N3. The first-order valence-electron chi connectivity index (χ1n) is 5.39. The molecule has 0 amide bonds. The van der Waals surface area contributed by atoms with Crippen LogP contribution in [0, 0.1) is 0 Å². The van der Waals surface area contributed by atoms with E-state index in [2.05, 4.69) is 25.5 Å². The highest BCUT2D eigenvalue weighted by atomic mass is 15.1. The molecule has 1 aliphatic carbocycles. The summed E-state index contributed by atoms with van der Waals surface area (Å²) in [6.45, 7) is 4.38. The quantitative estimate of drug-likeness (QED) is 0.732. The van der Waals surface area contributed by atoms with Gasteiger partial charge in [-0.3, -0.25) is 0 Å². The number of imidazole rings is 1. The Balaban J connectivity index is 2.41. The van der Waals surface area contributed by atoms with Crippen LogP contribution >= 0.6 is 0 Å². The predicted octanol–water partition coefficient (Wildman–Crippen LogP) is 1.36. The summed E-state index contributed by atoms with van der Waals surface area (Å²) in [5.41, 5.74) is 8.59. The molecule has 0 aromatic carbocycles. The van der Waals surface area contributed by atoms with Crippen molar-refractivity contribution in [1.82, 2.24) is 9.55 Å². The lowest BCUT2D eigenvalue weighted by Gasteiger charge is -2.18. The zero-order valence-electron chi connectivity index (χ0n) is 9.25. The Kier molecular flexibility index (Phi) is 2.35. The van der Waals surface area contributed by atoms with E-state index in [-0.39, 0.29) is 0 Å². The Morgan fingerprint density at radius 3 is 2.86 bits per heavy atom. The summed E-state index contributed by atoms with van der Waals surface area (Å²) in [7, 11) is 2.11. The van der Waals surface area contributed by atoms with Crippen LogP contribution in [0.25, 0.3) is 0 Å². The maximum absolute atomic E-state index is 5.96. The van der Waals surface area contributed by atoms with Crippen molar-refractivity contribution in [3.05, 3.63) is 17.2 Å². The van der Waals surface area contributed by atoms with Gasteiger partial charge in [0, 0.05) is 31.1 Å². The van der Waals surface area contributed by atoms with Crippen molar-refractivity contribution in [2.75, 3.05) is 0 Å². The molecule has 78 valence electrons. The SMILES string of the molecule is CC(C)c1nc2c(n1C)CC(N)CC2. The number of hydrogen-bond donors (Lipinski definition) is 1. The Morgan fingerprint density at radius 2 is 2.21 bits per heavy atom. The van der Waals surface area contributed by atoms with Gasteiger partial charge in [-0.05, 0) is 12.8 Å². The van der Waals surface area contributed by atoms with Crippen molar-refractivity contribution in [2.24, 2.45) is 12.8 Å². The van der Waals surface area contributed by atoms with Crippen LogP contribution in [-0.4, -0.2) is 15.6 Å². The molecule has 14 heavy (non-hydrogen) atoms. The van der Waals surface area contributed by atoms with Crippen LogP contribution in [-0.2, 0) is 19.9 Å². The van der Waals surface area contributed by atoms with Crippen molar-refractivity contribution < 1.29 is 0 Å². The molecule has 0 aliphatic heterocycles. The van der Waals surface area contributed by atoms with E-state index in [0.717, 1.165) is 19.3 Å². The van der Waals surface area contributed by atoms with Gasteiger partial charge in [-0.25, -0.2) is 4.98 Å². The first-order chi connectivity index (χ1) is 6.59. The summed E-state index contributed by atoms with van der Waals surface area (Å²) >= 11 is 0. The summed E-state index contributed by atoms with van der Waals surface area (Å²) in [6.07, 6.45) is 3.13. The highest BCUT2D eigenvalue weighted by molar-refractivity contribution is 5.22. The highest BCUT2D eigenvalue weighted by Crippen LogP contribution is 2.24. The normalized spacial score (nSPS) is 21.4. The number of hydrogen-bond acceptors (Lipinski definition) is 2. The smallest absolute Gasteiger partial charge is 0.111 e. The van der Waals surface area contributed by atoms with E-state index in [1.165, 1.54) is 17.2 Å². The van der Waals surface area contributed by atoms with Gasteiger partial charge in [0.1, 0.15) is 5.82 Å². The second kappa shape index (κ2) is 3.39. The van der Waals surface area contributed by atoms with Crippen molar-refractivity contribution in [2.45, 2.75) is 45.1 Å². The highest BCUT2D eigenvalue weighted by Gasteiger charge is 2.22. The molecule has 1 atom stereocenters. The van der Waals surface area contributed by atoms with Crippen molar-refractivity contribution in [3.63, 3.8) is 0 Å². The maximum atomic E-state index is 5.96. The standard InChI is InChI=1S/C11H19N3/c1-7(2)11-13-9-5-4-8(12)6-10(9)14(11)3/h7-8H,4-6,12H2,1-3H3. The maximum Gasteiger partial charge on any atom is 0.111 e. The molecule has 1 unspecified atom stereocenters. The number of rotatable bonds is 1. The molecule has 3 heteroatoms. The summed E-state index contributed by atoms with van der Waals surface area (Å²) in [5, 5.41) is 0. The van der Waals surface area contributed by atoms with Crippen LogP contribution in [0.3, 0.4) is 0 Å². The summed E-state index contributed by atoms with van der Waals surface area (Å²) in [5.74, 6) is 1.70. The molecule has 3 nitrogen and oxygen atoms in total. The van der Waals surface area contributed by atoms with E-state index in [9.17, 15) is 0 Å². The lowest BCUT2D eigenvalue weighted by Crippen LogP contribution is -2.28. The molecule has 2 N–H and O–H groups in total. The van der Waals surface area contributed by atoms with Crippen LogP contribution in [0.4, 0.5) is 0 Å². The van der Waals surface area contributed by atoms with Crippen molar-refractivity contribution in [1.29, 1.82) is 0 Å². The van der Waals surface area contributed by atoms with Crippen molar-refractivity contribution >= 4 is 0 Å². The Morgan fingerprint density at radius 1 is 1.50 bits per heavy atom. The van der Waals surface area contributed by atoms with Gasteiger partial charge in [-0.1, -0.05) is 13.8 Å². The monoisotopic (exact) mass is 193 g/mol. The number of fused-ring (bicyclic) bond motifs is 1. The van der Waals surface area contributed by atoms with Crippen LogP contribution < -0.4 is 5.73 Å². The zero-order chi connectivity index (χ0) is 10.3. The molecule has 0 radical (unpaired) electrons. The minimum atomic E-state index is 0.331. The van der Waals surface area contributed by atoms with Gasteiger partial charge < -0.3 is 10.3 Å². The number of nitrogens with zero attached hydrogens (tertiary/aromatic N) is 2. The predicted molar refractivity (Wildman–Crippen MR) is 57.3 cm³/mol. The van der Waals surface area contributed by atoms with E-state index < -0.39 is 0 Å². The topological polar surface area (TPSA) is 43.8 Å². The molecule has 0 spiro atoms. The van der Waals surface area contributed by atoms with Gasteiger partial charge in [0.15, 0.2) is 0 Å². The third-order valence-electron chi connectivity index (χ3n) is 3.06. The molecule has 0 bridgehead atoms. The number of nitrogens with two attached hydrogens (primary N) is 1. The molecule has 1 aromatic heterocycles. The average molecular weight is 193 g/mol. The fraction of sp³-hybridized carbons (Fsp3) is 0.727. The zero-order valence-corrected chi connectivity index (χ0v) is 9.25. The van der Waals surface area contributed by atoms with Crippen LogP contribution in [0.1, 0.15) is 43.4 Å². The largest absolute Gasteiger partial charge is 0.335 e. The lowest BCUT2D eigenvalue weighted by atomic mass is 9.97. The van der Waals surface area contributed by atoms with Gasteiger partial charge in [0.25, 0.3) is 0 Å². The van der Waals surface area contributed by atoms with E-state index >= 15 is 0 Å². The van der Waals surface area contributed by atoms with Gasteiger partial charge in [-0.15, -0.1) is 0 Å². The van der Waals surface area contributed by atoms with Crippen LogP contribution in [0.15, 0.2) is 0 Å². The minimum absolute atomic E-state index is 0.331. The summed E-state index contributed by atoms with van der Waals surface area (Å²) in [6, 6.07) is 0.331. The van der Waals surface area contributed by atoms with Crippen molar-refractivity contribution in [3.8, 4) is 0 Å². The molecule has 0 saturated carbocycles. The molecular weight excluding hydrogens is 174 g/mol. The molecule has 0 saturated heterocycles. The van der Waals surface area contributed by atoms with Gasteiger partial charge in [0.05, 0.1) is 5.69 Å². The minimum Gasteiger partial charge on any atom is -0.335 e. The molecule has 2 rings (SSSR count). The fourth-order valence-corrected chi connectivity index (χ4v) is 2.25. The summed E-state index contributed by atoms with van der Waals surface area (Å²) < 4.78 is 2.24. The third kappa shape index (κ3) is 1.46. The number of aryl methyl sites for hydroxylation is 1. The Hall–Kier alpha value is -0.830. The number of aromatic nitrogens is 2. The average Bonchev–Trinajstić information content (AvgIpc) is 2.44. The van der Waals surface area contributed by atoms with E-state index in [1.807, 2.05) is 0 Å². The van der Waals surface area contributed by atoms with Crippen LogP contribution in [0.2, 0.25) is 0 Å². The van der Waals surface area contributed by atoms with Crippen LogP contribution in [0.5, 0.6) is 0 Å². The second-order valence-corrected chi connectivity index (χ2v) is 4.58. The van der Waals surface area contributed by atoms with Gasteiger partial charge >= 0.3 is 0 Å². The third-order valence-corrected chi connectivity index (χ3v) is 3.06. The molecule has 0 fully saturated rings. The first-order valence-corrected chi connectivity index (χ1v) is 5.39. The Bertz CT molecular complexity index is 339. The first kappa shape index (κ1) is 9.71. The second-order valence-electron chi connectivity index (χ2n) is 4.58. The van der Waals surface area contributed by atoms with Gasteiger partial charge in [0.2, 0.25) is 0 Å². The molecule has 1 aliphatic rings.